The number of nitrogens with zero attached hydrogens (tertiary/aromatic N) is 2. The fourth-order valence-electron chi connectivity index (χ4n) is 4.16. The Labute approximate surface area is 272 Å². The molecule has 6 N–H and O–H groups in total. The molecule has 2 rings (SSSR count). The van der Waals surface area contributed by atoms with Gasteiger partial charge < -0.3 is 31.9 Å². The Hall–Kier alpha value is -4.40. The molecule has 3 atom stereocenters. The zero-order chi connectivity index (χ0) is 33.1. The number of hydrogen-bond acceptors (Lipinski definition) is 8. The number of nitrogens with one attached hydrogen (secondary N) is 6. The average molecular weight is 653 g/mol. The highest BCUT2D eigenvalue weighted by Crippen LogP contribution is 2.32. The quantitative estimate of drug-likeness (QED) is 0.109. The highest BCUT2D eigenvalue weighted by Gasteiger charge is 2.49. The first-order valence-electron chi connectivity index (χ1n) is 14.4. The molecule has 0 saturated heterocycles. The SMILES string of the molecule is CS[C@@H](SCCCC(=O)NCCC#N)C(NC(=O)Nc1ccccc1C)(NC(=O)NC(C)c1ccccc1)C(=O)NCCC#N. The van der Waals surface area contributed by atoms with E-state index < -0.39 is 34.3 Å². The minimum atomic E-state index is -1.98. The van der Waals surface area contributed by atoms with Crippen LogP contribution in [0.25, 0.3) is 0 Å². The third-order valence-electron chi connectivity index (χ3n) is 6.49. The van der Waals surface area contributed by atoms with E-state index in [9.17, 15) is 19.2 Å². The second-order valence-corrected chi connectivity index (χ2v) is 12.4. The van der Waals surface area contributed by atoms with Gasteiger partial charge in [-0.15, -0.1) is 23.5 Å². The highest BCUT2D eigenvalue weighted by molar-refractivity contribution is 8.16. The Morgan fingerprint density at radius 3 is 2.16 bits per heavy atom. The van der Waals surface area contributed by atoms with E-state index >= 15 is 0 Å². The summed E-state index contributed by atoms with van der Waals surface area (Å²) in [4.78, 5) is 53.1. The minimum Gasteiger partial charge on any atom is -0.355 e. The van der Waals surface area contributed by atoms with Gasteiger partial charge >= 0.3 is 12.1 Å². The van der Waals surface area contributed by atoms with Gasteiger partial charge in [0.05, 0.1) is 31.0 Å². The molecule has 0 fully saturated rings. The van der Waals surface area contributed by atoms with Crippen LogP contribution in [-0.2, 0) is 9.59 Å². The van der Waals surface area contributed by atoms with Crippen LogP contribution < -0.4 is 31.9 Å². The van der Waals surface area contributed by atoms with Gasteiger partial charge in [0.2, 0.25) is 11.6 Å². The number of benzene rings is 2. The molecule has 240 valence electrons. The highest BCUT2D eigenvalue weighted by atomic mass is 32.2. The molecule has 2 unspecified atom stereocenters. The average Bonchev–Trinajstić information content (AvgIpc) is 3.02. The molecule has 0 spiro atoms. The van der Waals surface area contributed by atoms with Crippen molar-refractivity contribution in [2.45, 2.75) is 55.8 Å². The van der Waals surface area contributed by atoms with Gasteiger partial charge in [0, 0.05) is 25.2 Å². The lowest BCUT2D eigenvalue weighted by Gasteiger charge is -2.39. The van der Waals surface area contributed by atoms with Gasteiger partial charge in [-0.25, -0.2) is 9.59 Å². The number of thioether (sulfide) groups is 2. The summed E-state index contributed by atoms with van der Waals surface area (Å²) in [6, 6.07) is 18.5. The van der Waals surface area contributed by atoms with Crippen molar-refractivity contribution in [3.8, 4) is 12.1 Å². The molecule has 0 aromatic heterocycles. The Morgan fingerprint density at radius 2 is 1.51 bits per heavy atom. The summed E-state index contributed by atoms with van der Waals surface area (Å²) in [5.74, 6) is -0.494. The number of carbonyl (C=O) groups is 4. The summed E-state index contributed by atoms with van der Waals surface area (Å²) < 4.78 is -0.762. The molecule has 12 nitrogen and oxygen atoms in total. The first-order valence-corrected chi connectivity index (χ1v) is 16.7. The van der Waals surface area contributed by atoms with Crippen molar-refractivity contribution in [2.24, 2.45) is 0 Å². The molecule has 45 heavy (non-hydrogen) atoms. The number of nitriles is 2. The van der Waals surface area contributed by atoms with E-state index in [0.717, 1.165) is 11.1 Å². The molecule has 2 aromatic rings. The molecule has 0 radical (unpaired) electrons. The normalized spacial score (nSPS) is 13.0. The molecule has 0 bridgehead atoms. The molecule has 6 amide bonds. The van der Waals surface area contributed by atoms with Crippen LogP contribution in [0.15, 0.2) is 54.6 Å². The topological polar surface area (TPSA) is 188 Å². The van der Waals surface area contributed by atoms with E-state index in [1.807, 2.05) is 61.5 Å². The molecule has 14 heteroatoms. The van der Waals surface area contributed by atoms with Crippen LogP contribution in [0.4, 0.5) is 15.3 Å². The Balaban J connectivity index is 2.38. The zero-order valence-electron chi connectivity index (χ0n) is 25.6. The van der Waals surface area contributed by atoms with Gasteiger partial charge in [0.25, 0.3) is 5.91 Å². The van der Waals surface area contributed by atoms with Gasteiger partial charge in [0.15, 0.2) is 0 Å². The Kier molecular flexibility index (Phi) is 16.2. The fraction of sp³-hybridized carbons (Fsp3) is 0.419. The smallest absolute Gasteiger partial charge is 0.321 e. The number of para-hydroxylation sites is 1. The van der Waals surface area contributed by atoms with Gasteiger partial charge in [-0.05, 0) is 49.5 Å². The number of rotatable bonds is 17. The maximum absolute atomic E-state index is 14.0. The monoisotopic (exact) mass is 652 g/mol. The van der Waals surface area contributed by atoms with Crippen molar-refractivity contribution >= 4 is 53.1 Å². The van der Waals surface area contributed by atoms with E-state index in [4.69, 9.17) is 10.5 Å². The Morgan fingerprint density at radius 1 is 0.889 bits per heavy atom. The predicted molar refractivity (Wildman–Crippen MR) is 178 cm³/mol. The van der Waals surface area contributed by atoms with Crippen molar-refractivity contribution in [3.63, 3.8) is 0 Å². The van der Waals surface area contributed by atoms with Crippen LogP contribution in [0.1, 0.15) is 49.8 Å². The lowest BCUT2D eigenvalue weighted by atomic mass is 10.1. The summed E-state index contributed by atoms with van der Waals surface area (Å²) in [7, 11) is 0. The summed E-state index contributed by atoms with van der Waals surface area (Å²) in [6.07, 6.45) is 2.62. The molecule has 0 heterocycles. The van der Waals surface area contributed by atoms with E-state index in [0.29, 0.717) is 17.9 Å². The third kappa shape index (κ3) is 12.3. The van der Waals surface area contributed by atoms with E-state index in [1.165, 1.54) is 23.5 Å². The first kappa shape index (κ1) is 36.8. The van der Waals surface area contributed by atoms with Crippen LogP contribution in [-0.4, -0.2) is 59.2 Å². The van der Waals surface area contributed by atoms with Gasteiger partial charge in [-0.2, -0.15) is 10.5 Å². The number of aryl methyl sites for hydroxylation is 1. The molecule has 0 aliphatic rings. The Bertz CT molecular complexity index is 1370. The summed E-state index contributed by atoms with van der Waals surface area (Å²) in [5, 5.41) is 34.2. The predicted octanol–water partition coefficient (Wildman–Crippen LogP) is 4.14. The minimum absolute atomic E-state index is 0.00344. The molecule has 2 aromatic carbocycles. The lowest BCUT2D eigenvalue weighted by Crippen LogP contribution is -2.74. The zero-order valence-corrected chi connectivity index (χ0v) is 27.3. The van der Waals surface area contributed by atoms with Gasteiger partial charge in [0.1, 0.15) is 4.58 Å². The third-order valence-corrected chi connectivity index (χ3v) is 9.43. The van der Waals surface area contributed by atoms with Gasteiger partial charge in [-0.1, -0.05) is 48.5 Å². The fourth-order valence-corrected chi connectivity index (χ4v) is 6.57. The van der Waals surface area contributed by atoms with E-state index in [1.54, 1.807) is 25.3 Å². The first-order chi connectivity index (χ1) is 21.7. The second-order valence-electron chi connectivity index (χ2n) is 9.90. The van der Waals surface area contributed by atoms with Crippen LogP contribution in [0.3, 0.4) is 0 Å². The molecule has 0 saturated carbocycles. The van der Waals surface area contributed by atoms with Gasteiger partial charge in [-0.3, -0.25) is 9.59 Å². The number of urea groups is 2. The lowest BCUT2D eigenvalue weighted by molar-refractivity contribution is -0.127. The van der Waals surface area contributed by atoms with Crippen LogP contribution in [0.5, 0.6) is 0 Å². The molecule has 0 aliphatic heterocycles. The summed E-state index contributed by atoms with van der Waals surface area (Å²) >= 11 is 2.54. The van der Waals surface area contributed by atoms with Crippen molar-refractivity contribution in [3.05, 3.63) is 65.7 Å². The molecular formula is C31H40N8O4S2. The largest absolute Gasteiger partial charge is 0.355 e. The number of anilines is 1. The maximum atomic E-state index is 14.0. The molecular weight excluding hydrogens is 613 g/mol. The molecule has 0 aliphatic carbocycles. The van der Waals surface area contributed by atoms with Crippen molar-refractivity contribution in [2.75, 3.05) is 30.4 Å². The van der Waals surface area contributed by atoms with Crippen LogP contribution in [0, 0.1) is 29.6 Å². The number of carbonyl (C=O) groups excluding carboxylic acids is 4. The standard InChI is InChI=1S/C31H40N8O4S2/c1-22-12-7-8-15-25(22)37-30(43)39-31(27(41)35-20-11-18-33,38-29(42)36-23(2)24-13-5-4-6-14-24)28(44-3)45-21-9-16-26(40)34-19-10-17-32/h4-8,12-15,23,28H,9-11,16,19-21H2,1-3H3,(H,34,40)(H,35,41)(H2,36,38,42)(H2,37,39,43)/t23?,28-,31?/m0/s1. The van der Waals surface area contributed by atoms with Crippen molar-refractivity contribution in [1.82, 2.24) is 26.6 Å². The maximum Gasteiger partial charge on any atom is 0.321 e. The number of hydrogen-bond donors (Lipinski definition) is 6. The summed E-state index contributed by atoms with van der Waals surface area (Å²) in [6.45, 7) is 3.88. The van der Waals surface area contributed by atoms with Crippen molar-refractivity contribution < 1.29 is 19.2 Å². The number of amides is 6. The van der Waals surface area contributed by atoms with Crippen LogP contribution in [0.2, 0.25) is 0 Å². The summed E-state index contributed by atoms with van der Waals surface area (Å²) in [5.41, 5.74) is 0.169. The van der Waals surface area contributed by atoms with E-state index in [2.05, 4.69) is 31.9 Å². The van der Waals surface area contributed by atoms with E-state index in [-0.39, 0.29) is 38.3 Å². The second kappa shape index (κ2) is 19.8. The van der Waals surface area contributed by atoms with Crippen LogP contribution >= 0.6 is 23.5 Å². The van der Waals surface area contributed by atoms with Crippen molar-refractivity contribution in [1.29, 1.82) is 10.5 Å².